The third-order valence-corrected chi connectivity index (χ3v) is 0.581. The summed E-state index contributed by atoms with van der Waals surface area (Å²) in [6.07, 6.45) is 9.59. The molecule has 0 atom stereocenters. The molecule has 0 saturated heterocycles. The second kappa shape index (κ2) is 5.86. The van der Waals surface area contributed by atoms with E-state index in [4.69, 9.17) is 6.42 Å². The smallest absolute Gasteiger partial charge is 0.0108 e. The van der Waals surface area contributed by atoms with Crippen LogP contribution in [0.4, 0.5) is 0 Å². The predicted molar refractivity (Wildman–Crippen MR) is 36.0 cm³/mol. The fourth-order valence-corrected chi connectivity index (χ4v) is 0.260. The molecule has 0 amide bonds. The average molecular weight is 104 g/mol. The zero-order chi connectivity index (χ0) is 6.24. The molecule has 0 spiro atoms. The molecule has 0 radical (unpaired) electrons. The molecule has 0 aliphatic heterocycles. The van der Waals surface area contributed by atoms with Gasteiger partial charge in [0.05, 0.1) is 0 Å². The minimum absolute atomic E-state index is 1.01. The number of hydrogen-bond acceptors (Lipinski definition) is 0. The summed E-state index contributed by atoms with van der Waals surface area (Å²) in [5.74, 6) is 7.36. The van der Waals surface area contributed by atoms with Crippen LogP contribution in [0.3, 0.4) is 0 Å². The molecule has 0 bridgehead atoms. The Balaban J connectivity index is 3.46. The molecule has 0 nitrogen and oxygen atoms in total. The maximum Gasteiger partial charge on any atom is -0.0108 e. The Morgan fingerprint density at radius 2 is 2.38 bits per heavy atom. The Bertz CT molecular complexity index is 157. The van der Waals surface area contributed by atoms with Crippen LogP contribution in [-0.2, 0) is 0 Å². The molecule has 0 aromatic rings. The van der Waals surface area contributed by atoms with Crippen LogP contribution < -0.4 is 0 Å². The Morgan fingerprint density at radius 1 is 1.62 bits per heavy atom. The highest BCUT2D eigenvalue weighted by Gasteiger charge is 1.57. The highest BCUT2D eigenvalue weighted by atomic mass is 13.6. The van der Waals surface area contributed by atoms with Crippen LogP contribution in [0.2, 0.25) is 0 Å². The molecule has 0 aromatic carbocycles. The molecule has 0 fully saturated rings. The van der Waals surface area contributed by atoms with Crippen molar-refractivity contribution in [2.24, 2.45) is 0 Å². The summed E-state index contributed by atoms with van der Waals surface area (Å²) in [4.78, 5) is 0. The van der Waals surface area contributed by atoms with E-state index in [2.05, 4.69) is 17.8 Å². The van der Waals surface area contributed by atoms with Gasteiger partial charge in [-0.15, -0.1) is 6.42 Å². The van der Waals surface area contributed by atoms with Gasteiger partial charge in [-0.25, -0.2) is 0 Å². The van der Waals surface area contributed by atoms with Gasteiger partial charge in [0, 0.05) is 0 Å². The van der Waals surface area contributed by atoms with E-state index < -0.39 is 0 Å². The Hall–Kier alpha value is -1.14. The summed E-state index contributed by atoms with van der Waals surface area (Å²) in [6, 6.07) is 0. The molecule has 8 heavy (non-hydrogen) atoms. The van der Waals surface area contributed by atoms with Crippen molar-refractivity contribution in [2.75, 3.05) is 0 Å². The third kappa shape index (κ3) is 4.86. The Morgan fingerprint density at radius 3 is 2.88 bits per heavy atom. The van der Waals surface area contributed by atoms with Gasteiger partial charge in [0.25, 0.3) is 0 Å². The zero-order valence-corrected chi connectivity index (χ0v) is 4.94. The average Bonchev–Trinajstić information content (AvgIpc) is 1.81. The molecule has 0 unspecified atom stereocenters. The van der Waals surface area contributed by atoms with Gasteiger partial charge in [0.1, 0.15) is 0 Å². The van der Waals surface area contributed by atoms with Crippen molar-refractivity contribution in [3.05, 3.63) is 12.2 Å². The summed E-state index contributed by atoms with van der Waals surface area (Å²) in [5.41, 5.74) is 0. The van der Waals surface area contributed by atoms with Crippen molar-refractivity contribution in [1.82, 2.24) is 0 Å². The van der Waals surface area contributed by atoms with Crippen molar-refractivity contribution >= 4 is 0 Å². The maximum absolute atomic E-state index is 4.85. The number of hydrogen-bond donors (Lipinski definition) is 0. The van der Waals surface area contributed by atoms with Gasteiger partial charge in [-0.1, -0.05) is 18.9 Å². The lowest BCUT2D eigenvalue weighted by Crippen LogP contribution is -1.51. The van der Waals surface area contributed by atoms with E-state index in [-0.39, 0.29) is 0 Å². The minimum Gasteiger partial charge on any atom is -0.106 e. The van der Waals surface area contributed by atoms with Crippen LogP contribution in [0.15, 0.2) is 12.2 Å². The summed E-state index contributed by atoms with van der Waals surface area (Å²) in [6.45, 7) is 2.05. The maximum atomic E-state index is 4.85. The number of terminal acetylenes is 1. The van der Waals surface area contributed by atoms with E-state index in [1.165, 1.54) is 0 Å². The van der Waals surface area contributed by atoms with Gasteiger partial charge in [0.15, 0.2) is 0 Å². The van der Waals surface area contributed by atoms with Crippen LogP contribution >= 0.6 is 0 Å². The quantitative estimate of drug-likeness (QED) is 0.443. The largest absolute Gasteiger partial charge is 0.106 e. The van der Waals surface area contributed by atoms with Crippen LogP contribution in [0.1, 0.15) is 13.3 Å². The van der Waals surface area contributed by atoms with Crippen LogP contribution in [-0.4, -0.2) is 0 Å². The van der Waals surface area contributed by atoms with Gasteiger partial charge >= 0.3 is 0 Å². The van der Waals surface area contributed by atoms with E-state index >= 15 is 0 Å². The SMILES string of the molecule is C#CC#CC=CCC. The molecule has 0 rings (SSSR count). The van der Waals surface area contributed by atoms with Crippen molar-refractivity contribution in [1.29, 1.82) is 0 Å². The van der Waals surface area contributed by atoms with E-state index in [0.29, 0.717) is 0 Å². The molecular weight excluding hydrogens is 96.1 g/mol. The van der Waals surface area contributed by atoms with Gasteiger partial charge in [0.2, 0.25) is 0 Å². The van der Waals surface area contributed by atoms with E-state index in [1.807, 2.05) is 13.0 Å². The number of allylic oxidation sites excluding steroid dienone is 2. The van der Waals surface area contributed by atoms with Crippen molar-refractivity contribution in [2.45, 2.75) is 13.3 Å². The second-order valence-electron chi connectivity index (χ2n) is 1.22. The standard InChI is InChI=1S/C8H8/c1-3-5-7-8-6-4-2/h1,6,8H,4H2,2H3. The highest BCUT2D eigenvalue weighted by Crippen LogP contribution is 1.75. The first-order valence-electron chi connectivity index (χ1n) is 2.53. The van der Waals surface area contributed by atoms with E-state index in [0.717, 1.165) is 6.42 Å². The molecule has 0 N–H and O–H groups in total. The van der Waals surface area contributed by atoms with Gasteiger partial charge in [-0.3, -0.25) is 0 Å². The van der Waals surface area contributed by atoms with Gasteiger partial charge in [-0.05, 0) is 24.3 Å². The van der Waals surface area contributed by atoms with E-state index in [9.17, 15) is 0 Å². The molecule has 0 heteroatoms. The first-order valence-corrected chi connectivity index (χ1v) is 2.53. The molecule has 40 valence electrons. The summed E-state index contributed by atoms with van der Waals surface area (Å²) >= 11 is 0. The van der Waals surface area contributed by atoms with Crippen LogP contribution in [0.5, 0.6) is 0 Å². The summed E-state index contributed by atoms with van der Waals surface area (Å²) in [5, 5.41) is 0. The zero-order valence-electron chi connectivity index (χ0n) is 4.94. The van der Waals surface area contributed by atoms with Crippen LogP contribution in [0.25, 0.3) is 0 Å². The first-order chi connectivity index (χ1) is 3.91. The molecule has 0 saturated carbocycles. The fourth-order valence-electron chi connectivity index (χ4n) is 0.260. The lowest BCUT2D eigenvalue weighted by atomic mass is 10.4. The fraction of sp³-hybridized carbons (Fsp3) is 0.250. The van der Waals surface area contributed by atoms with Crippen molar-refractivity contribution in [3.63, 3.8) is 0 Å². The normalized spacial score (nSPS) is 7.50. The van der Waals surface area contributed by atoms with Gasteiger partial charge in [-0.2, -0.15) is 0 Å². The molecular formula is C8H8. The second-order valence-corrected chi connectivity index (χ2v) is 1.22. The molecule has 0 aromatic heterocycles. The topological polar surface area (TPSA) is 0 Å². The highest BCUT2D eigenvalue weighted by molar-refractivity contribution is 5.27. The van der Waals surface area contributed by atoms with Crippen LogP contribution in [0, 0.1) is 24.2 Å². The lowest BCUT2D eigenvalue weighted by Gasteiger charge is -1.66. The van der Waals surface area contributed by atoms with Crippen molar-refractivity contribution in [3.8, 4) is 24.2 Å². The van der Waals surface area contributed by atoms with E-state index in [1.54, 1.807) is 6.08 Å². The summed E-state index contributed by atoms with van der Waals surface area (Å²) in [7, 11) is 0. The number of rotatable bonds is 1. The molecule has 0 aliphatic rings. The van der Waals surface area contributed by atoms with Crippen molar-refractivity contribution < 1.29 is 0 Å². The van der Waals surface area contributed by atoms with Gasteiger partial charge < -0.3 is 0 Å². The third-order valence-electron chi connectivity index (χ3n) is 0.581. The summed E-state index contributed by atoms with van der Waals surface area (Å²) < 4.78 is 0. The predicted octanol–water partition coefficient (Wildman–Crippen LogP) is 1.59. The Kier molecular flexibility index (Phi) is 5.02. The molecule has 0 aliphatic carbocycles. The lowest BCUT2D eigenvalue weighted by molar-refractivity contribution is 1.23. The monoisotopic (exact) mass is 104 g/mol. The minimum atomic E-state index is 1.01. The Labute approximate surface area is 50.6 Å². The molecule has 0 heterocycles. The first kappa shape index (κ1) is 6.86.